The molecule has 0 saturated carbocycles. The lowest BCUT2D eigenvalue weighted by Gasteiger charge is -2.09. The average Bonchev–Trinajstić information content (AvgIpc) is 1.83. The van der Waals surface area contributed by atoms with Gasteiger partial charge in [-0.05, 0) is 0 Å². The van der Waals surface area contributed by atoms with Crippen molar-refractivity contribution in [2.75, 3.05) is 0 Å². The van der Waals surface area contributed by atoms with Gasteiger partial charge in [-0.3, -0.25) is 9.59 Å². The third-order valence-electron chi connectivity index (χ3n) is 1.05. The van der Waals surface area contributed by atoms with Gasteiger partial charge in [-0.25, -0.2) is 4.79 Å². The van der Waals surface area contributed by atoms with Crippen LogP contribution in [0.25, 0.3) is 0 Å². The molecule has 0 aliphatic carbocycles. The van der Waals surface area contributed by atoms with Gasteiger partial charge in [-0.15, -0.1) is 0 Å². The van der Waals surface area contributed by atoms with Gasteiger partial charge >= 0.3 is 11.9 Å². The molecule has 0 rings (SSSR count). The van der Waals surface area contributed by atoms with E-state index in [0.29, 0.717) is 0 Å². The maximum Gasteiger partial charge on any atom is 0.326 e. The number of carboxylic acids is 2. The second-order valence-electron chi connectivity index (χ2n) is 2.19. The van der Waals surface area contributed by atoms with E-state index in [2.05, 4.69) is 0 Å². The molecule has 0 aliphatic heterocycles. The summed E-state index contributed by atoms with van der Waals surface area (Å²) < 4.78 is 0. The van der Waals surface area contributed by atoms with Crippen molar-refractivity contribution in [1.82, 2.24) is 5.32 Å². The van der Waals surface area contributed by atoms with Crippen LogP contribution < -0.4 is 5.32 Å². The number of carboxylic acid groups (broad SMARTS) is 2. The second-order valence-corrected chi connectivity index (χ2v) is 2.19. The van der Waals surface area contributed by atoms with Crippen molar-refractivity contribution in [1.29, 1.82) is 0 Å². The first-order valence-corrected chi connectivity index (χ1v) is 3.15. The van der Waals surface area contributed by atoms with E-state index in [1.165, 1.54) is 0 Å². The van der Waals surface area contributed by atoms with Gasteiger partial charge in [0, 0.05) is 6.92 Å². The molecule has 1 amide bonds. The Hall–Kier alpha value is -1.59. The van der Waals surface area contributed by atoms with E-state index < -0.39 is 30.3 Å². The number of nitrogens with one attached hydrogen (secondary N) is 1. The minimum atomic E-state index is -1.35. The van der Waals surface area contributed by atoms with Crippen molar-refractivity contribution in [2.45, 2.75) is 19.4 Å². The summed E-state index contributed by atoms with van der Waals surface area (Å²) in [5.74, 6) is -3.19. The SMILES string of the molecule is CC(=O)[15NH][C@@H](CC(=O)O)C(=O)O. The Bertz CT molecular complexity index is 196. The maximum atomic E-state index is 10.4. The zero-order valence-corrected chi connectivity index (χ0v) is 6.40. The molecule has 0 saturated heterocycles. The van der Waals surface area contributed by atoms with Crippen LogP contribution in [0.15, 0.2) is 0 Å². The molecule has 68 valence electrons. The van der Waals surface area contributed by atoms with Gasteiger partial charge in [0.2, 0.25) is 5.91 Å². The number of amides is 1. The summed E-state index contributed by atoms with van der Waals surface area (Å²) in [5.41, 5.74) is 0. The first-order valence-electron chi connectivity index (χ1n) is 3.15. The van der Waals surface area contributed by atoms with Crippen LogP contribution in [0.3, 0.4) is 0 Å². The third-order valence-corrected chi connectivity index (χ3v) is 1.05. The molecule has 0 unspecified atom stereocenters. The second kappa shape index (κ2) is 4.32. The van der Waals surface area contributed by atoms with Gasteiger partial charge in [0.25, 0.3) is 0 Å². The van der Waals surface area contributed by atoms with E-state index in [4.69, 9.17) is 10.2 Å². The van der Waals surface area contributed by atoms with Crippen molar-refractivity contribution in [3.63, 3.8) is 0 Å². The Morgan fingerprint density at radius 2 is 1.83 bits per heavy atom. The first kappa shape index (κ1) is 10.4. The largest absolute Gasteiger partial charge is 0.481 e. The summed E-state index contributed by atoms with van der Waals surface area (Å²) in [5, 5.41) is 18.6. The van der Waals surface area contributed by atoms with Gasteiger partial charge in [-0.2, -0.15) is 0 Å². The van der Waals surface area contributed by atoms with E-state index in [0.717, 1.165) is 6.92 Å². The summed E-state index contributed by atoms with van der Waals surface area (Å²) in [4.78, 5) is 30.7. The molecule has 3 N–H and O–H groups in total. The predicted molar refractivity (Wildman–Crippen MR) is 37.5 cm³/mol. The number of aliphatic carboxylic acids is 2. The zero-order valence-electron chi connectivity index (χ0n) is 6.40. The van der Waals surface area contributed by atoms with Crippen LogP contribution in [0.5, 0.6) is 0 Å². The summed E-state index contributed by atoms with van der Waals surface area (Å²) in [6.07, 6.45) is -0.616. The van der Waals surface area contributed by atoms with Gasteiger partial charge < -0.3 is 15.5 Å². The standard InChI is InChI=1S/C6H9NO5/c1-3(8)7-4(6(11)12)2-5(9)10/h4H,2H2,1H3,(H,7,8)(H,9,10)(H,11,12)/t4-/m0/s1/i7+1. The Kier molecular flexibility index (Phi) is 3.75. The third kappa shape index (κ3) is 4.26. The monoisotopic (exact) mass is 176 g/mol. The van der Waals surface area contributed by atoms with Crippen LogP contribution in [-0.2, 0) is 14.4 Å². The molecule has 0 aromatic heterocycles. The molecule has 0 heterocycles. The molecule has 0 radical (unpaired) electrons. The molecule has 0 aromatic rings. The fraction of sp³-hybridized carbons (Fsp3) is 0.500. The van der Waals surface area contributed by atoms with Crippen LogP contribution >= 0.6 is 0 Å². The van der Waals surface area contributed by atoms with Gasteiger partial charge in [0.1, 0.15) is 6.04 Å². The Morgan fingerprint density at radius 1 is 1.33 bits per heavy atom. The highest BCUT2D eigenvalue weighted by atomic mass is 16.4. The van der Waals surface area contributed by atoms with Crippen molar-refractivity contribution in [3.8, 4) is 0 Å². The minimum Gasteiger partial charge on any atom is -0.481 e. The summed E-state index contributed by atoms with van der Waals surface area (Å²) in [7, 11) is 0. The topological polar surface area (TPSA) is 104 Å². The molecule has 1 atom stereocenters. The highest BCUT2D eigenvalue weighted by molar-refractivity contribution is 5.85. The molecule has 6 heteroatoms. The van der Waals surface area contributed by atoms with Crippen LogP contribution in [0, 0.1) is 0 Å². The van der Waals surface area contributed by atoms with Crippen LogP contribution in [0.1, 0.15) is 13.3 Å². The number of rotatable bonds is 4. The number of carbonyl (C=O) groups is 3. The lowest BCUT2D eigenvalue weighted by Crippen LogP contribution is -2.41. The molecule has 0 aromatic carbocycles. The van der Waals surface area contributed by atoms with Crippen molar-refractivity contribution in [2.24, 2.45) is 0 Å². The lowest BCUT2D eigenvalue weighted by molar-refractivity contribution is -0.147. The summed E-state index contributed by atoms with van der Waals surface area (Å²) in [6, 6.07) is -1.35. The smallest absolute Gasteiger partial charge is 0.326 e. The Balaban J connectivity index is 4.14. The van der Waals surface area contributed by atoms with Gasteiger partial charge in [0.15, 0.2) is 0 Å². The van der Waals surface area contributed by atoms with E-state index >= 15 is 0 Å². The number of hydrogen-bond acceptors (Lipinski definition) is 3. The van der Waals surface area contributed by atoms with Crippen molar-refractivity contribution in [3.05, 3.63) is 0 Å². The molecular formula is C6H9NO5. The van der Waals surface area contributed by atoms with Crippen LogP contribution in [0.4, 0.5) is 0 Å². The molecule has 12 heavy (non-hydrogen) atoms. The van der Waals surface area contributed by atoms with Crippen molar-refractivity contribution < 1.29 is 24.6 Å². The molecule has 6 nitrogen and oxygen atoms in total. The van der Waals surface area contributed by atoms with Crippen molar-refractivity contribution >= 4 is 17.8 Å². The van der Waals surface area contributed by atoms with Gasteiger partial charge in [-0.1, -0.05) is 0 Å². The average molecular weight is 176 g/mol. The molecular weight excluding hydrogens is 167 g/mol. The first-order chi connectivity index (χ1) is 5.43. The van der Waals surface area contributed by atoms with Crippen LogP contribution in [0.2, 0.25) is 0 Å². The fourth-order valence-electron chi connectivity index (χ4n) is 0.620. The maximum absolute atomic E-state index is 10.4. The van der Waals surface area contributed by atoms with E-state index in [1.54, 1.807) is 0 Å². The lowest BCUT2D eigenvalue weighted by atomic mass is 10.2. The van der Waals surface area contributed by atoms with E-state index in [1.807, 2.05) is 5.32 Å². The summed E-state index contributed by atoms with van der Waals surface area (Å²) in [6.45, 7) is 1.12. The summed E-state index contributed by atoms with van der Waals surface area (Å²) >= 11 is 0. The highest BCUT2D eigenvalue weighted by Gasteiger charge is 2.21. The Labute approximate surface area is 68.2 Å². The van der Waals surface area contributed by atoms with E-state index in [-0.39, 0.29) is 0 Å². The molecule has 0 fully saturated rings. The quantitative estimate of drug-likeness (QED) is 0.479. The fourth-order valence-corrected chi connectivity index (χ4v) is 0.620. The highest BCUT2D eigenvalue weighted by Crippen LogP contribution is 1.91. The molecule has 0 spiro atoms. The molecule has 0 bridgehead atoms. The van der Waals surface area contributed by atoms with Crippen LogP contribution in [-0.4, -0.2) is 34.1 Å². The van der Waals surface area contributed by atoms with Gasteiger partial charge in [0.05, 0.1) is 6.42 Å². The zero-order chi connectivity index (χ0) is 9.72. The number of hydrogen-bond donors (Lipinski definition) is 3. The number of carbonyl (C=O) groups excluding carboxylic acids is 1. The van der Waals surface area contributed by atoms with E-state index in [9.17, 15) is 14.4 Å². The normalized spacial score (nSPS) is 11.8. The Morgan fingerprint density at radius 3 is 2.08 bits per heavy atom. The molecule has 0 aliphatic rings. The minimum absolute atomic E-state index is 0.566. The predicted octanol–water partition coefficient (Wildman–Crippen LogP) is -0.950.